The van der Waals surface area contributed by atoms with Crippen molar-refractivity contribution in [3.8, 4) is 0 Å². The molecule has 0 heteroatoms. The van der Waals surface area contributed by atoms with E-state index in [-0.39, 0.29) is 17.2 Å². The predicted octanol–water partition coefficient (Wildman–Crippen LogP) is 2.30. The molecule has 1 aromatic carbocycles. The van der Waals surface area contributed by atoms with Crippen LogP contribution in [0.25, 0.3) is 0 Å². The van der Waals surface area contributed by atoms with Gasteiger partial charge in [0, 0.05) is 4.11 Å². The Hall–Kier alpha value is -0.780. The fourth-order valence-corrected chi connectivity index (χ4v) is 0.375. The van der Waals surface area contributed by atoms with Gasteiger partial charge in [-0.3, -0.25) is 0 Å². The Morgan fingerprint density at radius 3 is 2.62 bits per heavy atom. The molecule has 1 rings (SSSR count). The van der Waals surface area contributed by atoms with Gasteiger partial charge in [-0.25, -0.2) is 0 Å². The van der Waals surface area contributed by atoms with Crippen molar-refractivity contribution in [3.05, 3.63) is 35.3 Å². The van der Waals surface area contributed by atoms with Crippen LogP contribution in [0.3, 0.4) is 0 Å². The van der Waals surface area contributed by atoms with Crippen molar-refractivity contribution in [2.75, 3.05) is 0 Å². The van der Waals surface area contributed by atoms with Crippen LogP contribution >= 0.6 is 0 Å². The third-order valence-corrected chi connectivity index (χ3v) is 0.875. The van der Waals surface area contributed by atoms with Crippen LogP contribution in [-0.4, -0.2) is 0 Å². The molecule has 0 aromatic heterocycles. The van der Waals surface area contributed by atoms with Crippen molar-refractivity contribution in [3.63, 3.8) is 0 Å². The Kier molecular flexibility index (Phi) is 0.344. The molecule has 0 radical (unpaired) electrons. The van der Waals surface area contributed by atoms with Crippen molar-refractivity contribution in [1.29, 1.82) is 0 Å². The van der Waals surface area contributed by atoms with Crippen LogP contribution in [0.15, 0.2) is 24.2 Å². The molecule has 42 valence electrons. The van der Waals surface area contributed by atoms with E-state index in [0.29, 0.717) is 0 Å². The van der Waals surface area contributed by atoms with Gasteiger partial charge >= 0.3 is 0 Å². The van der Waals surface area contributed by atoms with Gasteiger partial charge in [0.15, 0.2) is 0 Å². The summed E-state index contributed by atoms with van der Waals surface area (Å²) in [6, 6.07) is -1.67. The quantitative estimate of drug-likeness (QED) is 0.484. The van der Waals surface area contributed by atoms with Gasteiger partial charge in [-0.1, -0.05) is 24.2 Å². The molecule has 0 amide bonds. The van der Waals surface area contributed by atoms with Crippen molar-refractivity contribution in [1.82, 2.24) is 0 Å². The minimum Gasteiger partial charge on any atom is -0.0620 e. The first-order valence-corrected chi connectivity index (χ1v) is 2.25. The smallest absolute Gasteiger partial charge is 0.0620 e. The van der Waals surface area contributed by atoms with E-state index in [1.807, 2.05) is 0 Å². The topological polar surface area (TPSA) is 0 Å². The van der Waals surface area contributed by atoms with Crippen molar-refractivity contribution in [2.45, 2.75) is 13.8 Å². The highest BCUT2D eigenvalue weighted by Crippen LogP contribution is 2.02. The largest absolute Gasteiger partial charge is 0.0626 e. The Balaban J connectivity index is 3.68. The van der Waals surface area contributed by atoms with Crippen LogP contribution in [0.4, 0.5) is 0 Å². The van der Waals surface area contributed by atoms with Crippen LogP contribution in [0.5, 0.6) is 0 Å². The third kappa shape index (κ3) is 0.890. The van der Waals surface area contributed by atoms with Gasteiger partial charge in [0.2, 0.25) is 0 Å². The zero-order valence-corrected chi connectivity index (χ0v) is 4.50. The molecule has 0 aliphatic carbocycles. The maximum atomic E-state index is 7.48. The van der Waals surface area contributed by atoms with Gasteiger partial charge in [0.05, 0.1) is 5.48 Å². The van der Waals surface area contributed by atoms with Crippen molar-refractivity contribution < 1.29 is 9.60 Å². The first kappa shape index (κ1) is 1.38. The Labute approximate surface area is 60.0 Å². The fourth-order valence-electron chi connectivity index (χ4n) is 0.375. The Morgan fingerprint density at radius 2 is 2.00 bits per heavy atom. The molecule has 0 aliphatic heterocycles. The van der Waals surface area contributed by atoms with Gasteiger partial charge in [0.1, 0.15) is 0 Å². The SMILES string of the molecule is [2H]c1c([2H])c([2H])c(C([2H])([2H])[2H])c(C)c1[2H]. The van der Waals surface area contributed by atoms with E-state index < -0.39 is 25.0 Å². The summed E-state index contributed by atoms with van der Waals surface area (Å²) in [6.45, 7) is -1.12. The average Bonchev–Trinajstić information content (AvgIpc) is 2.09. The summed E-state index contributed by atoms with van der Waals surface area (Å²) in [5.41, 5.74) is -0.213. The minimum atomic E-state index is -2.51. The molecule has 0 nitrogen and oxygen atoms in total. The molecule has 0 atom stereocenters. The van der Waals surface area contributed by atoms with Crippen LogP contribution in [0.1, 0.15) is 20.7 Å². The van der Waals surface area contributed by atoms with Crippen LogP contribution < -0.4 is 0 Å². The van der Waals surface area contributed by atoms with Gasteiger partial charge in [-0.2, -0.15) is 0 Å². The van der Waals surface area contributed by atoms with Gasteiger partial charge in [0.25, 0.3) is 0 Å². The zero-order valence-electron chi connectivity index (χ0n) is 11.5. The summed E-state index contributed by atoms with van der Waals surface area (Å²) in [5.74, 6) is 0. The molecule has 0 bridgehead atoms. The van der Waals surface area contributed by atoms with Gasteiger partial charge in [-0.05, 0) is 24.9 Å². The van der Waals surface area contributed by atoms with E-state index in [4.69, 9.17) is 9.60 Å². The predicted molar refractivity (Wildman–Crippen MR) is 35.9 cm³/mol. The van der Waals surface area contributed by atoms with E-state index in [0.717, 1.165) is 0 Å². The van der Waals surface area contributed by atoms with Crippen LogP contribution in [0.2, 0.25) is 0 Å². The third-order valence-electron chi connectivity index (χ3n) is 0.875. The molecule has 8 heavy (non-hydrogen) atoms. The molecule has 0 saturated carbocycles. The van der Waals surface area contributed by atoms with E-state index in [9.17, 15) is 0 Å². The summed E-state index contributed by atoms with van der Waals surface area (Å²) in [5, 5.41) is 0. The minimum absolute atomic E-state index is 0.0843. The van der Waals surface area contributed by atoms with Crippen molar-refractivity contribution in [2.24, 2.45) is 0 Å². The van der Waals surface area contributed by atoms with Crippen LogP contribution in [0, 0.1) is 13.8 Å². The lowest BCUT2D eigenvalue weighted by atomic mass is 10.1. The standard InChI is InChI=1S/C8H10/c1-7-5-3-4-6-8(7)2/h3-6H,1-2H3/i1D3,3D,4D,5D,6D. The molecule has 0 spiro atoms. The molecule has 0 aliphatic rings. The summed E-state index contributed by atoms with van der Waals surface area (Å²) < 4.78 is 51.3. The number of rotatable bonds is 0. The highest BCUT2D eigenvalue weighted by molar-refractivity contribution is 5.23. The molecular weight excluding hydrogens is 96.1 g/mol. The second kappa shape index (κ2) is 1.99. The van der Waals surface area contributed by atoms with Crippen LogP contribution in [-0.2, 0) is 0 Å². The highest BCUT2D eigenvalue weighted by Gasteiger charge is 1.83. The first-order valence-electron chi connectivity index (χ1n) is 5.75. The number of hydrogen-bond acceptors (Lipinski definition) is 0. The van der Waals surface area contributed by atoms with E-state index in [2.05, 4.69) is 0 Å². The monoisotopic (exact) mass is 113 g/mol. The lowest BCUT2D eigenvalue weighted by Gasteiger charge is -1.93. The molecular formula is C8H10. The van der Waals surface area contributed by atoms with Gasteiger partial charge < -0.3 is 0 Å². The van der Waals surface area contributed by atoms with Crippen molar-refractivity contribution >= 4 is 0 Å². The second-order valence-corrected chi connectivity index (χ2v) is 1.50. The molecule has 0 heterocycles. The normalized spacial score (nSPS) is 23.4. The second-order valence-electron chi connectivity index (χ2n) is 1.50. The summed E-state index contributed by atoms with van der Waals surface area (Å²) in [6.07, 6.45) is 0. The molecule has 0 saturated heterocycles. The van der Waals surface area contributed by atoms with E-state index in [1.54, 1.807) is 0 Å². The first-order chi connectivity index (χ1) is 6.68. The summed E-state index contributed by atoms with van der Waals surface area (Å²) in [4.78, 5) is 0. The summed E-state index contributed by atoms with van der Waals surface area (Å²) in [7, 11) is 0. The number of hydrogen-bond donors (Lipinski definition) is 0. The van der Waals surface area contributed by atoms with E-state index >= 15 is 0 Å². The Morgan fingerprint density at radius 1 is 1.38 bits per heavy atom. The maximum absolute atomic E-state index is 7.48. The number of benzene rings is 1. The lowest BCUT2D eigenvalue weighted by Crippen LogP contribution is -1.74. The van der Waals surface area contributed by atoms with Gasteiger partial charge in [-0.15, -0.1) is 0 Å². The molecule has 0 fully saturated rings. The fraction of sp³-hybridized carbons (Fsp3) is 0.250. The molecule has 1 aromatic rings. The Bertz CT molecular complexity index is 375. The lowest BCUT2D eigenvalue weighted by molar-refractivity contribution is 1.34. The highest BCUT2D eigenvalue weighted by atomic mass is 13.9. The maximum Gasteiger partial charge on any atom is 0.0626 e. The average molecular weight is 113 g/mol. The van der Waals surface area contributed by atoms with E-state index in [1.165, 1.54) is 6.92 Å². The summed E-state index contributed by atoms with van der Waals surface area (Å²) >= 11 is 0. The molecule has 0 N–H and O–H groups in total. The molecule has 0 unspecified atom stereocenters. The zero-order chi connectivity index (χ0) is 12.0.